The Bertz CT molecular complexity index is 664. The van der Waals surface area contributed by atoms with Gasteiger partial charge in [0.15, 0.2) is 0 Å². The van der Waals surface area contributed by atoms with E-state index in [0.717, 1.165) is 42.6 Å². The second-order valence-corrected chi connectivity index (χ2v) is 6.06. The fourth-order valence-electron chi connectivity index (χ4n) is 2.59. The van der Waals surface area contributed by atoms with Crippen LogP contribution in [0, 0.1) is 0 Å². The first kappa shape index (κ1) is 19.0. The minimum atomic E-state index is -0.450. The molecule has 0 bridgehead atoms. The number of methoxy groups -OCH3 is 1. The third-order valence-electron chi connectivity index (χ3n) is 4.10. The molecule has 2 aromatic rings. The molecule has 0 aliphatic carbocycles. The Balaban J connectivity index is 1.92. The van der Waals surface area contributed by atoms with Crippen LogP contribution in [0.4, 0.5) is 0 Å². The van der Waals surface area contributed by atoms with Gasteiger partial charge in [0, 0.05) is 0 Å². The van der Waals surface area contributed by atoms with Crippen LogP contribution in [-0.4, -0.2) is 18.2 Å². The van der Waals surface area contributed by atoms with Gasteiger partial charge in [0.2, 0.25) is 0 Å². The predicted octanol–water partition coefficient (Wildman–Crippen LogP) is 4.67. The highest BCUT2D eigenvalue weighted by Gasteiger charge is 2.09. The number of carbonyl (C=O) groups excluding carboxylic acids is 1. The van der Waals surface area contributed by atoms with E-state index in [9.17, 15) is 9.90 Å². The first-order chi connectivity index (χ1) is 12.1. The van der Waals surface area contributed by atoms with Crippen LogP contribution in [0.25, 0.3) is 0 Å². The van der Waals surface area contributed by atoms with Crippen LogP contribution < -0.4 is 4.74 Å². The molecule has 134 valence electrons. The van der Waals surface area contributed by atoms with Crippen molar-refractivity contribution in [2.45, 2.75) is 45.3 Å². The Labute approximate surface area is 149 Å². The number of hydrogen-bond acceptors (Lipinski definition) is 4. The summed E-state index contributed by atoms with van der Waals surface area (Å²) < 4.78 is 10.5. The van der Waals surface area contributed by atoms with Crippen LogP contribution in [-0.2, 0) is 11.3 Å². The maximum Gasteiger partial charge on any atom is 0.337 e. The van der Waals surface area contributed by atoms with Gasteiger partial charge in [-0.2, -0.15) is 0 Å². The van der Waals surface area contributed by atoms with E-state index >= 15 is 0 Å². The quantitative estimate of drug-likeness (QED) is 0.532. The first-order valence-corrected chi connectivity index (χ1v) is 8.72. The number of aliphatic hydroxyl groups is 1. The van der Waals surface area contributed by atoms with Gasteiger partial charge in [0.1, 0.15) is 12.4 Å². The third-order valence-corrected chi connectivity index (χ3v) is 4.10. The molecule has 2 aromatic carbocycles. The van der Waals surface area contributed by atoms with Gasteiger partial charge in [0.05, 0.1) is 18.8 Å². The first-order valence-electron chi connectivity index (χ1n) is 8.72. The Kier molecular flexibility index (Phi) is 7.48. The summed E-state index contributed by atoms with van der Waals surface area (Å²) in [5.74, 6) is 0.376. The molecular formula is C21H26O4. The van der Waals surface area contributed by atoms with Gasteiger partial charge in [-0.1, -0.05) is 50.5 Å². The molecule has 0 unspecified atom stereocenters. The van der Waals surface area contributed by atoms with Crippen molar-refractivity contribution in [2.24, 2.45) is 0 Å². The number of aliphatic hydroxyl groups excluding tert-OH is 1. The SMILES string of the molecule is CCCCC[C@H](O)c1cccc(OCc2ccc(C(=O)OC)cc2)c1. The van der Waals surface area contributed by atoms with E-state index in [0.29, 0.717) is 12.2 Å². The molecule has 0 aliphatic heterocycles. The van der Waals surface area contributed by atoms with Gasteiger partial charge in [-0.25, -0.2) is 4.79 Å². The van der Waals surface area contributed by atoms with E-state index in [2.05, 4.69) is 11.7 Å². The molecule has 0 saturated carbocycles. The predicted molar refractivity (Wildman–Crippen MR) is 97.7 cm³/mol. The van der Waals surface area contributed by atoms with Crippen LogP contribution in [0.15, 0.2) is 48.5 Å². The molecule has 0 radical (unpaired) electrons. The number of rotatable bonds is 9. The summed E-state index contributed by atoms with van der Waals surface area (Å²) in [5, 5.41) is 10.3. The lowest BCUT2D eigenvalue weighted by molar-refractivity contribution is 0.0600. The molecule has 1 atom stereocenters. The van der Waals surface area contributed by atoms with Gasteiger partial charge in [-0.3, -0.25) is 0 Å². The molecule has 25 heavy (non-hydrogen) atoms. The Morgan fingerprint density at radius 1 is 1.12 bits per heavy atom. The summed E-state index contributed by atoms with van der Waals surface area (Å²) in [4.78, 5) is 11.4. The number of hydrogen-bond donors (Lipinski definition) is 1. The largest absolute Gasteiger partial charge is 0.489 e. The molecule has 2 rings (SSSR count). The van der Waals surface area contributed by atoms with E-state index in [1.54, 1.807) is 12.1 Å². The average Bonchev–Trinajstić information content (AvgIpc) is 2.66. The average molecular weight is 342 g/mol. The Morgan fingerprint density at radius 3 is 2.56 bits per heavy atom. The monoisotopic (exact) mass is 342 g/mol. The molecule has 4 nitrogen and oxygen atoms in total. The molecular weight excluding hydrogens is 316 g/mol. The van der Waals surface area contributed by atoms with E-state index in [4.69, 9.17) is 4.74 Å². The van der Waals surface area contributed by atoms with Crippen LogP contribution in [0.3, 0.4) is 0 Å². The van der Waals surface area contributed by atoms with E-state index in [1.165, 1.54) is 7.11 Å². The summed E-state index contributed by atoms with van der Waals surface area (Å²) >= 11 is 0. The van der Waals surface area contributed by atoms with Crippen molar-refractivity contribution in [3.63, 3.8) is 0 Å². The highest BCUT2D eigenvalue weighted by atomic mass is 16.5. The summed E-state index contributed by atoms with van der Waals surface area (Å²) in [7, 11) is 1.36. The minimum Gasteiger partial charge on any atom is -0.489 e. The van der Waals surface area contributed by atoms with Gasteiger partial charge in [-0.15, -0.1) is 0 Å². The molecule has 0 aliphatic rings. The maximum atomic E-state index is 11.4. The van der Waals surface area contributed by atoms with Gasteiger partial charge in [0.25, 0.3) is 0 Å². The Hall–Kier alpha value is -2.33. The van der Waals surface area contributed by atoms with Crippen LogP contribution >= 0.6 is 0 Å². The van der Waals surface area contributed by atoms with Crippen molar-refractivity contribution in [2.75, 3.05) is 7.11 Å². The van der Waals surface area contributed by atoms with Crippen molar-refractivity contribution in [3.05, 3.63) is 65.2 Å². The molecule has 0 amide bonds. The van der Waals surface area contributed by atoms with Crippen molar-refractivity contribution in [3.8, 4) is 5.75 Å². The molecule has 0 heterocycles. The van der Waals surface area contributed by atoms with Crippen molar-refractivity contribution in [1.29, 1.82) is 0 Å². The normalized spacial score (nSPS) is 11.8. The lowest BCUT2D eigenvalue weighted by Gasteiger charge is -2.13. The molecule has 0 saturated heterocycles. The minimum absolute atomic E-state index is 0.350. The lowest BCUT2D eigenvalue weighted by atomic mass is 10.0. The smallest absolute Gasteiger partial charge is 0.337 e. The number of ether oxygens (including phenoxy) is 2. The van der Waals surface area contributed by atoms with Gasteiger partial charge >= 0.3 is 5.97 Å². The number of carbonyl (C=O) groups is 1. The summed E-state index contributed by atoms with van der Waals surface area (Å²) in [6.45, 7) is 2.55. The van der Waals surface area contributed by atoms with E-state index in [1.807, 2.05) is 36.4 Å². The summed E-state index contributed by atoms with van der Waals surface area (Å²) in [6, 6.07) is 14.7. The third kappa shape index (κ3) is 5.91. The maximum absolute atomic E-state index is 11.4. The van der Waals surface area contributed by atoms with Crippen molar-refractivity contribution in [1.82, 2.24) is 0 Å². The van der Waals surface area contributed by atoms with Crippen molar-refractivity contribution >= 4 is 5.97 Å². The topological polar surface area (TPSA) is 55.8 Å². The van der Waals surface area contributed by atoms with Crippen LogP contribution in [0.5, 0.6) is 5.75 Å². The summed E-state index contributed by atoms with van der Waals surface area (Å²) in [6.07, 6.45) is 3.62. The Morgan fingerprint density at radius 2 is 1.88 bits per heavy atom. The summed E-state index contributed by atoms with van der Waals surface area (Å²) in [5.41, 5.74) is 2.36. The molecule has 1 N–H and O–H groups in total. The number of unbranched alkanes of at least 4 members (excludes halogenated alkanes) is 2. The highest BCUT2D eigenvalue weighted by molar-refractivity contribution is 5.89. The zero-order chi connectivity index (χ0) is 18.1. The van der Waals surface area contributed by atoms with Gasteiger partial charge in [-0.05, 0) is 41.8 Å². The second-order valence-electron chi connectivity index (χ2n) is 6.06. The fourth-order valence-corrected chi connectivity index (χ4v) is 2.59. The van der Waals surface area contributed by atoms with Gasteiger partial charge < -0.3 is 14.6 Å². The fraction of sp³-hybridized carbons (Fsp3) is 0.381. The molecule has 0 fully saturated rings. The van der Waals surface area contributed by atoms with Crippen LogP contribution in [0.1, 0.15) is 60.2 Å². The molecule has 0 aromatic heterocycles. The second kappa shape index (κ2) is 9.84. The van der Waals surface area contributed by atoms with E-state index in [-0.39, 0.29) is 5.97 Å². The zero-order valence-electron chi connectivity index (χ0n) is 14.9. The standard InChI is InChI=1S/C21H26O4/c1-3-4-5-9-20(22)18-7-6-8-19(14-18)25-15-16-10-12-17(13-11-16)21(23)24-2/h6-8,10-14,20,22H,3-5,9,15H2,1-2H3/t20-/m0/s1. The van der Waals surface area contributed by atoms with Crippen molar-refractivity contribution < 1.29 is 19.4 Å². The van der Waals surface area contributed by atoms with Crippen LogP contribution in [0.2, 0.25) is 0 Å². The lowest BCUT2D eigenvalue weighted by Crippen LogP contribution is -2.02. The number of esters is 1. The molecule has 0 spiro atoms. The molecule has 4 heteroatoms. The number of benzene rings is 2. The van der Waals surface area contributed by atoms with E-state index < -0.39 is 6.10 Å². The zero-order valence-corrected chi connectivity index (χ0v) is 14.9. The highest BCUT2D eigenvalue weighted by Crippen LogP contribution is 2.24.